The van der Waals surface area contributed by atoms with Gasteiger partial charge in [-0.1, -0.05) is 6.58 Å². The second kappa shape index (κ2) is 6.59. The van der Waals surface area contributed by atoms with E-state index in [1.54, 1.807) is 0 Å². The van der Waals surface area contributed by atoms with Crippen molar-refractivity contribution < 1.29 is 9.90 Å². The zero-order chi connectivity index (χ0) is 7.86. The SMILES string of the molecule is C=C(C)C(=O)O.N=C=N. The summed E-state index contributed by atoms with van der Waals surface area (Å²) in [6.45, 7) is 4.60. The van der Waals surface area contributed by atoms with Crippen molar-refractivity contribution in [2.24, 2.45) is 0 Å². The summed E-state index contributed by atoms with van der Waals surface area (Å²) in [5.41, 5.74) is 0.176. The number of nitrogens with one attached hydrogen (secondary N) is 2. The molecular formula is C5H8N2O2. The van der Waals surface area contributed by atoms with Crippen molar-refractivity contribution >= 4 is 12.0 Å². The van der Waals surface area contributed by atoms with E-state index in [2.05, 4.69) is 6.58 Å². The Kier molecular flexibility index (Phi) is 7.72. The molecule has 0 aromatic heterocycles. The first kappa shape index (κ1) is 10.5. The van der Waals surface area contributed by atoms with Crippen molar-refractivity contribution in [1.82, 2.24) is 0 Å². The van der Waals surface area contributed by atoms with Crippen LogP contribution in [-0.2, 0) is 4.79 Å². The van der Waals surface area contributed by atoms with Gasteiger partial charge in [0.25, 0.3) is 0 Å². The Bertz CT molecular complexity index is 133. The molecule has 0 aromatic rings. The summed E-state index contributed by atoms with van der Waals surface area (Å²) in [6, 6.07) is 1.25. The van der Waals surface area contributed by atoms with Crippen LogP contribution in [0.2, 0.25) is 0 Å². The normalized spacial score (nSPS) is 5.89. The summed E-state index contributed by atoms with van der Waals surface area (Å²) in [6.07, 6.45) is 0. The van der Waals surface area contributed by atoms with Crippen molar-refractivity contribution in [3.05, 3.63) is 12.2 Å². The third-order valence-electron chi connectivity index (χ3n) is 0.365. The first-order valence-electron chi connectivity index (χ1n) is 2.03. The fraction of sp³-hybridized carbons (Fsp3) is 0.200. The van der Waals surface area contributed by atoms with E-state index in [1.807, 2.05) is 0 Å². The van der Waals surface area contributed by atoms with E-state index in [1.165, 1.54) is 12.9 Å². The third kappa shape index (κ3) is 20.7. The lowest BCUT2D eigenvalue weighted by atomic mass is 10.4. The lowest BCUT2D eigenvalue weighted by Crippen LogP contribution is -1.92. The molecular weight excluding hydrogens is 120 g/mol. The van der Waals surface area contributed by atoms with Crippen molar-refractivity contribution in [2.75, 3.05) is 0 Å². The molecule has 0 aliphatic heterocycles. The molecule has 4 heteroatoms. The van der Waals surface area contributed by atoms with E-state index in [-0.39, 0.29) is 5.57 Å². The Morgan fingerprint density at radius 1 is 1.67 bits per heavy atom. The van der Waals surface area contributed by atoms with E-state index >= 15 is 0 Å². The Morgan fingerprint density at radius 2 is 1.78 bits per heavy atom. The highest BCUT2D eigenvalue weighted by molar-refractivity contribution is 5.84. The van der Waals surface area contributed by atoms with E-state index in [0.717, 1.165) is 0 Å². The van der Waals surface area contributed by atoms with Gasteiger partial charge in [-0.3, -0.25) is 0 Å². The first-order valence-corrected chi connectivity index (χ1v) is 2.03. The summed E-state index contributed by atoms with van der Waals surface area (Å²) < 4.78 is 0. The fourth-order valence-corrected chi connectivity index (χ4v) is 0. The summed E-state index contributed by atoms with van der Waals surface area (Å²) in [5, 5.41) is 19.1. The maximum Gasteiger partial charge on any atom is 0.330 e. The number of carboxylic acids is 1. The smallest absolute Gasteiger partial charge is 0.330 e. The van der Waals surface area contributed by atoms with Gasteiger partial charge in [-0.15, -0.1) is 0 Å². The van der Waals surface area contributed by atoms with Crippen LogP contribution in [0.3, 0.4) is 0 Å². The van der Waals surface area contributed by atoms with Crippen LogP contribution in [0, 0.1) is 10.8 Å². The maximum absolute atomic E-state index is 9.60. The molecule has 0 atom stereocenters. The topological polar surface area (TPSA) is 85.0 Å². The molecule has 0 aliphatic carbocycles. The van der Waals surface area contributed by atoms with Crippen LogP contribution >= 0.6 is 0 Å². The molecule has 0 saturated carbocycles. The molecule has 50 valence electrons. The lowest BCUT2D eigenvalue weighted by Gasteiger charge is -1.79. The molecule has 0 heterocycles. The Balaban J connectivity index is 0. The van der Waals surface area contributed by atoms with Gasteiger partial charge in [-0.25, -0.2) is 15.6 Å². The van der Waals surface area contributed by atoms with E-state index in [9.17, 15) is 4.79 Å². The molecule has 4 nitrogen and oxygen atoms in total. The fourth-order valence-electron chi connectivity index (χ4n) is 0. The number of hydrogen-bond acceptors (Lipinski definition) is 3. The quantitative estimate of drug-likeness (QED) is 0.363. The molecule has 0 aliphatic rings. The van der Waals surface area contributed by atoms with Gasteiger partial charge in [0.15, 0.2) is 0 Å². The van der Waals surface area contributed by atoms with Gasteiger partial charge in [0, 0.05) is 5.57 Å². The minimum absolute atomic E-state index is 0.176. The van der Waals surface area contributed by atoms with Gasteiger partial charge >= 0.3 is 5.97 Å². The predicted octanol–water partition coefficient (Wildman–Crippen LogP) is 0.965. The summed E-state index contributed by atoms with van der Waals surface area (Å²) in [5.74, 6) is -0.935. The highest BCUT2D eigenvalue weighted by atomic mass is 16.4. The van der Waals surface area contributed by atoms with Crippen molar-refractivity contribution in [3.63, 3.8) is 0 Å². The van der Waals surface area contributed by atoms with Crippen LogP contribution in [0.1, 0.15) is 6.92 Å². The molecule has 9 heavy (non-hydrogen) atoms. The molecule has 0 saturated heterocycles. The van der Waals surface area contributed by atoms with Crippen LogP contribution in [0.25, 0.3) is 0 Å². The molecule has 0 radical (unpaired) electrons. The van der Waals surface area contributed by atoms with E-state index in [0.29, 0.717) is 0 Å². The highest BCUT2D eigenvalue weighted by Gasteiger charge is 1.90. The van der Waals surface area contributed by atoms with E-state index < -0.39 is 5.97 Å². The Morgan fingerprint density at radius 3 is 1.78 bits per heavy atom. The predicted molar refractivity (Wildman–Crippen MR) is 32.9 cm³/mol. The first-order chi connectivity index (χ1) is 4.06. The minimum atomic E-state index is -0.935. The average Bonchev–Trinajstić information content (AvgIpc) is 1.68. The minimum Gasteiger partial charge on any atom is -0.478 e. The molecule has 0 rings (SSSR count). The lowest BCUT2D eigenvalue weighted by molar-refractivity contribution is -0.132. The van der Waals surface area contributed by atoms with Crippen LogP contribution in [0.4, 0.5) is 0 Å². The van der Waals surface area contributed by atoms with Crippen molar-refractivity contribution in [1.29, 1.82) is 10.8 Å². The Labute approximate surface area is 52.8 Å². The van der Waals surface area contributed by atoms with Crippen LogP contribution in [-0.4, -0.2) is 17.1 Å². The number of hydrogen-bond donors (Lipinski definition) is 3. The Hall–Kier alpha value is -1.41. The second-order valence-electron chi connectivity index (χ2n) is 1.21. The largest absolute Gasteiger partial charge is 0.478 e. The third-order valence-corrected chi connectivity index (χ3v) is 0.365. The summed E-state index contributed by atoms with van der Waals surface area (Å²) >= 11 is 0. The molecule has 3 N–H and O–H groups in total. The van der Waals surface area contributed by atoms with Crippen molar-refractivity contribution in [3.8, 4) is 0 Å². The van der Waals surface area contributed by atoms with Gasteiger partial charge in [-0.05, 0) is 6.92 Å². The number of rotatable bonds is 1. The van der Waals surface area contributed by atoms with Crippen LogP contribution in [0.5, 0.6) is 0 Å². The van der Waals surface area contributed by atoms with Gasteiger partial charge in [0.2, 0.25) is 0 Å². The molecule has 0 spiro atoms. The summed E-state index contributed by atoms with van der Waals surface area (Å²) in [4.78, 5) is 9.60. The number of carboxylic acid groups (broad SMARTS) is 1. The zero-order valence-corrected chi connectivity index (χ0v) is 5.06. The maximum atomic E-state index is 9.60. The highest BCUT2D eigenvalue weighted by Crippen LogP contribution is 1.81. The number of carbonyl (C=O) groups is 1. The molecule has 0 amide bonds. The second-order valence-corrected chi connectivity index (χ2v) is 1.21. The molecule has 0 unspecified atom stereocenters. The monoisotopic (exact) mass is 128 g/mol. The van der Waals surface area contributed by atoms with Gasteiger partial charge in [0.1, 0.15) is 0 Å². The zero-order valence-electron chi connectivity index (χ0n) is 5.06. The van der Waals surface area contributed by atoms with E-state index in [4.69, 9.17) is 15.9 Å². The average molecular weight is 128 g/mol. The molecule has 0 bridgehead atoms. The van der Waals surface area contributed by atoms with Crippen LogP contribution in [0.15, 0.2) is 12.2 Å². The van der Waals surface area contributed by atoms with Gasteiger partial charge in [0.05, 0.1) is 6.01 Å². The number of aliphatic carboxylic acids is 1. The van der Waals surface area contributed by atoms with Gasteiger partial charge < -0.3 is 5.11 Å². The van der Waals surface area contributed by atoms with Crippen LogP contribution < -0.4 is 0 Å². The standard InChI is InChI=1S/C4H6O2.CH2N2/c1-3(2)4(5)6;2-1-3/h1H2,2H3,(H,5,6);2-3H. The molecule has 0 fully saturated rings. The van der Waals surface area contributed by atoms with Crippen molar-refractivity contribution in [2.45, 2.75) is 6.92 Å². The van der Waals surface area contributed by atoms with Gasteiger partial charge in [-0.2, -0.15) is 0 Å². The summed E-state index contributed by atoms with van der Waals surface area (Å²) in [7, 11) is 0. The molecule has 0 aromatic carbocycles.